The summed E-state index contributed by atoms with van der Waals surface area (Å²) >= 11 is 0. The molecule has 2 N–H and O–H groups in total. The third-order valence-corrected chi connectivity index (χ3v) is 2.35. The molecule has 0 fully saturated rings. The summed E-state index contributed by atoms with van der Waals surface area (Å²) < 4.78 is 1.59. The molecule has 0 bridgehead atoms. The number of hydrogen-bond acceptors (Lipinski definition) is 2. The Morgan fingerprint density at radius 2 is 2.20 bits per heavy atom. The number of nitrogens with zero attached hydrogens (tertiary/aromatic N) is 2. The highest BCUT2D eigenvalue weighted by Gasteiger charge is 2.10. The molecule has 0 unspecified atom stereocenters. The lowest BCUT2D eigenvalue weighted by Gasteiger charge is -1.99. The van der Waals surface area contributed by atoms with Gasteiger partial charge in [-0.3, -0.25) is 4.79 Å². The largest absolute Gasteiger partial charge is 0.364 e. The van der Waals surface area contributed by atoms with Gasteiger partial charge in [0.05, 0.1) is 11.2 Å². The van der Waals surface area contributed by atoms with Crippen molar-refractivity contribution in [1.82, 2.24) is 9.61 Å². The average Bonchev–Trinajstić information content (AvgIpc) is 2.60. The van der Waals surface area contributed by atoms with Crippen molar-refractivity contribution in [2.75, 3.05) is 0 Å². The number of nitrogens with two attached hydrogens (primary N) is 1. The smallest absolute Gasteiger partial charge is 0.267 e. The van der Waals surface area contributed by atoms with E-state index in [1.165, 1.54) is 0 Å². The lowest BCUT2D eigenvalue weighted by Crippen LogP contribution is -2.16. The second kappa shape index (κ2) is 3.38. The van der Waals surface area contributed by atoms with Crippen LogP contribution < -0.4 is 5.73 Å². The van der Waals surface area contributed by atoms with Gasteiger partial charge in [0.1, 0.15) is 5.69 Å². The molecule has 2 rings (SSSR count). The molecule has 2 aromatic heterocycles. The fraction of sp³-hybridized carbons (Fsp3) is 0.273. The summed E-state index contributed by atoms with van der Waals surface area (Å²) in [4.78, 5) is 11.2. The van der Waals surface area contributed by atoms with Gasteiger partial charge in [0, 0.05) is 0 Å². The van der Waals surface area contributed by atoms with Crippen LogP contribution in [-0.2, 0) is 0 Å². The summed E-state index contributed by atoms with van der Waals surface area (Å²) in [5.41, 5.74) is 7.54. The third kappa shape index (κ3) is 1.58. The molecule has 0 aromatic carbocycles. The number of primary amides is 1. The highest BCUT2D eigenvalue weighted by Crippen LogP contribution is 2.16. The van der Waals surface area contributed by atoms with E-state index in [0.29, 0.717) is 11.6 Å². The molecule has 0 spiro atoms. The van der Waals surface area contributed by atoms with Gasteiger partial charge in [-0.25, -0.2) is 4.52 Å². The molecule has 4 nitrogen and oxygen atoms in total. The summed E-state index contributed by atoms with van der Waals surface area (Å²) in [5, 5.41) is 4.35. The second-order valence-corrected chi connectivity index (χ2v) is 3.84. The van der Waals surface area contributed by atoms with Crippen molar-refractivity contribution in [3.8, 4) is 0 Å². The van der Waals surface area contributed by atoms with Crippen molar-refractivity contribution in [2.24, 2.45) is 5.73 Å². The summed E-state index contributed by atoms with van der Waals surface area (Å²) in [6.45, 7) is 4.12. The van der Waals surface area contributed by atoms with Crippen LogP contribution in [0.3, 0.4) is 0 Å². The molecule has 0 saturated heterocycles. The first-order valence-corrected chi connectivity index (χ1v) is 4.88. The van der Waals surface area contributed by atoms with E-state index in [0.717, 1.165) is 11.2 Å². The molecule has 0 radical (unpaired) electrons. The second-order valence-electron chi connectivity index (χ2n) is 3.84. The maximum Gasteiger partial charge on any atom is 0.267 e. The van der Waals surface area contributed by atoms with Gasteiger partial charge in [-0.05, 0) is 24.1 Å². The molecule has 0 aliphatic heterocycles. The van der Waals surface area contributed by atoms with Crippen LogP contribution >= 0.6 is 0 Å². The van der Waals surface area contributed by atoms with E-state index in [9.17, 15) is 4.79 Å². The van der Waals surface area contributed by atoms with Crippen molar-refractivity contribution in [2.45, 2.75) is 19.8 Å². The van der Waals surface area contributed by atoms with Crippen LogP contribution in [0.2, 0.25) is 0 Å². The van der Waals surface area contributed by atoms with Gasteiger partial charge in [-0.2, -0.15) is 5.10 Å². The van der Waals surface area contributed by atoms with Gasteiger partial charge in [0.2, 0.25) is 0 Å². The Balaban J connectivity index is 2.70. The van der Waals surface area contributed by atoms with Gasteiger partial charge in [0.25, 0.3) is 5.91 Å². The zero-order valence-electron chi connectivity index (χ0n) is 8.77. The lowest BCUT2D eigenvalue weighted by molar-refractivity contribution is 0.0993. The number of carbonyl (C=O) groups is 1. The predicted molar refractivity (Wildman–Crippen MR) is 57.8 cm³/mol. The van der Waals surface area contributed by atoms with Crippen LogP contribution in [0.15, 0.2) is 24.3 Å². The first kappa shape index (κ1) is 9.71. The maximum absolute atomic E-state index is 11.2. The zero-order chi connectivity index (χ0) is 11.0. The molecule has 2 aromatic rings. The molecule has 2 heterocycles. The van der Waals surface area contributed by atoms with E-state index in [2.05, 4.69) is 18.9 Å². The standard InChI is InChI=1S/C11H13N3O/c1-7(2)9-6-8-4-3-5-10(11(12)15)14(8)13-9/h3-7H,1-2H3,(H2,12,15). The van der Waals surface area contributed by atoms with E-state index >= 15 is 0 Å². The Labute approximate surface area is 87.7 Å². The minimum Gasteiger partial charge on any atom is -0.364 e. The molecule has 15 heavy (non-hydrogen) atoms. The number of pyridine rings is 1. The Kier molecular flexibility index (Phi) is 2.19. The lowest BCUT2D eigenvalue weighted by atomic mass is 10.1. The summed E-state index contributed by atoms with van der Waals surface area (Å²) in [6.07, 6.45) is 0. The van der Waals surface area contributed by atoms with Crippen LogP contribution in [-0.4, -0.2) is 15.5 Å². The van der Waals surface area contributed by atoms with Gasteiger partial charge in [-0.1, -0.05) is 19.9 Å². The van der Waals surface area contributed by atoms with Crippen LogP contribution in [0.1, 0.15) is 35.9 Å². The Morgan fingerprint density at radius 1 is 1.47 bits per heavy atom. The fourth-order valence-corrected chi connectivity index (χ4v) is 1.50. The van der Waals surface area contributed by atoms with Crippen molar-refractivity contribution in [3.63, 3.8) is 0 Å². The average molecular weight is 203 g/mol. The topological polar surface area (TPSA) is 60.4 Å². The first-order chi connectivity index (χ1) is 7.09. The van der Waals surface area contributed by atoms with Gasteiger partial charge >= 0.3 is 0 Å². The van der Waals surface area contributed by atoms with E-state index in [1.807, 2.05) is 12.1 Å². The third-order valence-electron chi connectivity index (χ3n) is 2.35. The van der Waals surface area contributed by atoms with Gasteiger partial charge in [-0.15, -0.1) is 0 Å². The summed E-state index contributed by atoms with van der Waals surface area (Å²) in [7, 11) is 0. The molecule has 78 valence electrons. The number of fused-ring (bicyclic) bond motifs is 1. The highest BCUT2D eigenvalue weighted by molar-refractivity contribution is 5.91. The molecule has 1 amide bonds. The minimum absolute atomic E-state index is 0.339. The SMILES string of the molecule is CC(C)c1cc2cccc(C(N)=O)n2n1. The Bertz CT molecular complexity index is 514. The van der Waals surface area contributed by atoms with Crippen LogP contribution in [0.25, 0.3) is 5.52 Å². The number of hydrogen-bond donors (Lipinski definition) is 1. The van der Waals surface area contributed by atoms with Crippen molar-refractivity contribution < 1.29 is 4.79 Å². The van der Waals surface area contributed by atoms with Gasteiger partial charge < -0.3 is 5.73 Å². The van der Waals surface area contributed by atoms with Crippen LogP contribution in [0.5, 0.6) is 0 Å². The maximum atomic E-state index is 11.2. The monoisotopic (exact) mass is 203 g/mol. The van der Waals surface area contributed by atoms with E-state index in [4.69, 9.17) is 5.73 Å². The van der Waals surface area contributed by atoms with E-state index in [-0.39, 0.29) is 0 Å². The molecule has 4 heteroatoms. The molecule has 0 aliphatic carbocycles. The van der Waals surface area contributed by atoms with Gasteiger partial charge in [0.15, 0.2) is 0 Å². The van der Waals surface area contributed by atoms with E-state index in [1.54, 1.807) is 16.6 Å². The summed E-state index contributed by atoms with van der Waals surface area (Å²) in [6, 6.07) is 7.36. The fourth-order valence-electron chi connectivity index (χ4n) is 1.50. The highest BCUT2D eigenvalue weighted by atomic mass is 16.1. The number of carbonyl (C=O) groups excluding carboxylic acids is 1. The Morgan fingerprint density at radius 3 is 2.80 bits per heavy atom. The molecular formula is C11H13N3O. The zero-order valence-corrected chi connectivity index (χ0v) is 8.77. The quantitative estimate of drug-likeness (QED) is 0.805. The predicted octanol–water partition coefficient (Wildman–Crippen LogP) is 1.56. The number of amides is 1. The Hall–Kier alpha value is -1.84. The molecule has 0 saturated carbocycles. The first-order valence-electron chi connectivity index (χ1n) is 4.88. The minimum atomic E-state index is -0.459. The molecule has 0 aliphatic rings. The van der Waals surface area contributed by atoms with Crippen LogP contribution in [0.4, 0.5) is 0 Å². The van der Waals surface area contributed by atoms with E-state index < -0.39 is 5.91 Å². The normalized spacial score (nSPS) is 11.1. The summed E-state index contributed by atoms with van der Waals surface area (Å²) in [5.74, 6) is -0.121. The number of rotatable bonds is 2. The molecule has 0 atom stereocenters. The van der Waals surface area contributed by atoms with Crippen LogP contribution in [0, 0.1) is 0 Å². The van der Waals surface area contributed by atoms with Crippen molar-refractivity contribution >= 4 is 11.4 Å². The number of aromatic nitrogens is 2. The van der Waals surface area contributed by atoms with Crippen molar-refractivity contribution in [3.05, 3.63) is 35.7 Å². The molecular weight excluding hydrogens is 190 g/mol. The van der Waals surface area contributed by atoms with Crippen molar-refractivity contribution in [1.29, 1.82) is 0 Å².